The predicted molar refractivity (Wildman–Crippen MR) is 104 cm³/mol. The van der Waals surface area contributed by atoms with E-state index in [9.17, 15) is 9.59 Å². The fourth-order valence-corrected chi connectivity index (χ4v) is 4.59. The zero-order valence-corrected chi connectivity index (χ0v) is 16.4. The van der Waals surface area contributed by atoms with Crippen molar-refractivity contribution < 1.29 is 9.59 Å². The van der Waals surface area contributed by atoms with Crippen LogP contribution in [0.15, 0.2) is 30.3 Å². The summed E-state index contributed by atoms with van der Waals surface area (Å²) in [5.41, 5.74) is 3.73. The molecule has 4 rings (SSSR count). The monoisotopic (exact) mass is 365 g/mol. The molecule has 142 valence electrons. The minimum Gasteiger partial charge on any atom is -0.334 e. The van der Waals surface area contributed by atoms with Crippen LogP contribution in [0.3, 0.4) is 0 Å². The number of benzene rings is 1. The van der Waals surface area contributed by atoms with Gasteiger partial charge in [0.1, 0.15) is 0 Å². The zero-order chi connectivity index (χ0) is 19.2. The molecule has 2 aromatic rings. The van der Waals surface area contributed by atoms with Gasteiger partial charge < -0.3 is 4.90 Å². The Labute approximate surface area is 160 Å². The molecule has 1 aliphatic heterocycles. The number of fused-ring (bicyclic) bond motifs is 1. The highest BCUT2D eigenvalue weighted by atomic mass is 16.2. The fourth-order valence-electron chi connectivity index (χ4n) is 4.59. The van der Waals surface area contributed by atoms with Crippen molar-refractivity contribution in [2.75, 3.05) is 6.54 Å². The Morgan fingerprint density at radius 3 is 2.67 bits per heavy atom. The van der Waals surface area contributed by atoms with E-state index in [1.54, 1.807) is 6.92 Å². The Hall–Kier alpha value is -2.43. The standard InChI is InChI=1S/C22H27N3O2/c1-15(26)24-11-7-10-17(24)21-20-18(12-22(2,3)13-19(20)27)25(23-21)14-16-8-5-4-6-9-16/h4-6,8-9,17H,7,10-14H2,1-3H3/t17-/m0/s1. The molecule has 1 saturated heterocycles. The zero-order valence-electron chi connectivity index (χ0n) is 16.4. The van der Waals surface area contributed by atoms with E-state index in [4.69, 9.17) is 5.10 Å². The number of amides is 1. The highest BCUT2D eigenvalue weighted by Crippen LogP contribution is 2.41. The van der Waals surface area contributed by atoms with E-state index in [2.05, 4.69) is 26.0 Å². The summed E-state index contributed by atoms with van der Waals surface area (Å²) in [5.74, 6) is 0.235. The van der Waals surface area contributed by atoms with Crippen molar-refractivity contribution in [1.82, 2.24) is 14.7 Å². The van der Waals surface area contributed by atoms with Crippen LogP contribution in [0, 0.1) is 5.41 Å². The van der Waals surface area contributed by atoms with Gasteiger partial charge in [-0.25, -0.2) is 0 Å². The summed E-state index contributed by atoms with van der Waals surface area (Å²) in [5, 5.41) is 4.92. The van der Waals surface area contributed by atoms with Crippen LogP contribution in [0.5, 0.6) is 0 Å². The molecule has 1 atom stereocenters. The van der Waals surface area contributed by atoms with Gasteiger partial charge in [-0.1, -0.05) is 44.2 Å². The van der Waals surface area contributed by atoms with Crippen LogP contribution in [0.4, 0.5) is 0 Å². The van der Waals surface area contributed by atoms with Crippen molar-refractivity contribution in [3.63, 3.8) is 0 Å². The normalized spacial score (nSPS) is 21.4. The number of carbonyl (C=O) groups excluding carboxylic acids is 2. The molecule has 1 amide bonds. The Balaban J connectivity index is 1.81. The summed E-state index contributed by atoms with van der Waals surface area (Å²) >= 11 is 0. The van der Waals surface area contributed by atoms with Crippen molar-refractivity contribution in [2.45, 2.75) is 59.0 Å². The first kappa shape index (κ1) is 18.0. The van der Waals surface area contributed by atoms with E-state index >= 15 is 0 Å². The summed E-state index contributed by atoms with van der Waals surface area (Å²) in [4.78, 5) is 27.0. The van der Waals surface area contributed by atoms with Gasteiger partial charge in [0.15, 0.2) is 5.78 Å². The third-order valence-corrected chi connectivity index (χ3v) is 5.80. The lowest BCUT2D eigenvalue weighted by molar-refractivity contribution is -0.129. The van der Waals surface area contributed by atoms with Crippen LogP contribution in [0.2, 0.25) is 0 Å². The van der Waals surface area contributed by atoms with E-state index in [1.165, 1.54) is 5.56 Å². The molecule has 5 nitrogen and oxygen atoms in total. The van der Waals surface area contributed by atoms with Gasteiger partial charge in [0, 0.05) is 19.9 Å². The summed E-state index contributed by atoms with van der Waals surface area (Å²) < 4.78 is 2.01. The average Bonchev–Trinajstić information content (AvgIpc) is 3.20. The SMILES string of the molecule is CC(=O)N1CCC[C@H]1c1nn(Cc2ccccc2)c2c1C(=O)CC(C)(C)C2. The molecule has 1 fully saturated rings. The maximum absolute atomic E-state index is 13.1. The van der Waals surface area contributed by atoms with Gasteiger partial charge in [-0.15, -0.1) is 0 Å². The fraction of sp³-hybridized carbons (Fsp3) is 0.500. The van der Waals surface area contributed by atoms with Gasteiger partial charge in [-0.05, 0) is 30.2 Å². The van der Waals surface area contributed by atoms with Crippen LogP contribution >= 0.6 is 0 Å². The molecule has 0 radical (unpaired) electrons. The number of carbonyl (C=O) groups is 2. The molecule has 2 aliphatic rings. The number of aromatic nitrogens is 2. The minimum absolute atomic E-state index is 0.0625. The van der Waals surface area contributed by atoms with Gasteiger partial charge in [-0.2, -0.15) is 5.10 Å². The van der Waals surface area contributed by atoms with E-state index in [0.717, 1.165) is 42.8 Å². The molecule has 0 unspecified atom stereocenters. The van der Waals surface area contributed by atoms with Crippen LogP contribution in [0.25, 0.3) is 0 Å². The van der Waals surface area contributed by atoms with E-state index < -0.39 is 0 Å². The largest absolute Gasteiger partial charge is 0.334 e. The number of ketones is 1. The lowest BCUT2D eigenvalue weighted by Gasteiger charge is -2.30. The molecule has 0 N–H and O–H groups in total. The van der Waals surface area contributed by atoms with Crippen LogP contribution in [-0.2, 0) is 17.8 Å². The molecule has 1 aromatic carbocycles. The van der Waals surface area contributed by atoms with Gasteiger partial charge >= 0.3 is 0 Å². The van der Waals surface area contributed by atoms with Gasteiger partial charge in [-0.3, -0.25) is 14.3 Å². The molecule has 0 spiro atoms. The Bertz CT molecular complexity index is 882. The average molecular weight is 365 g/mol. The summed E-state index contributed by atoms with van der Waals surface area (Å²) in [6, 6.07) is 10.1. The maximum atomic E-state index is 13.1. The Morgan fingerprint density at radius 1 is 1.22 bits per heavy atom. The number of hydrogen-bond acceptors (Lipinski definition) is 3. The highest BCUT2D eigenvalue weighted by molar-refractivity contribution is 6.00. The summed E-state index contributed by atoms with van der Waals surface area (Å²) in [6.07, 6.45) is 3.22. The summed E-state index contributed by atoms with van der Waals surface area (Å²) in [6.45, 7) is 7.30. The minimum atomic E-state index is -0.0709. The molecular formula is C22H27N3O2. The van der Waals surface area contributed by atoms with Gasteiger partial charge in [0.25, 0.3) is 0 Å². The van der Waals surface area contributed by atoms with Crippen molar-refractivity contribution in [3.05, 3.63) is 52.8 Å². The van der Waals surface area contributed by atoms with Crippen LogP contribution < -0.4 is 0 Å². The van der Waals surface area contributed by atoms with Crippen molar-refractivity contribution in [3.8, 4) is 0 Å². The Morgan fingerprint density at radius 2 is 1.96 bits per heavy atom. The van der Waals surface area contributed by atoms with Gasteiger partial charge in [0.05, 0.1) is 29.5 Å². The second-order valence-electron chi connectivity index (χ2n) is 8.66. The molecule has 0 bridgehead atoms. The number of Topliss-reactive ketones (excluding diaryl/α,β-unsaturated/α-hetero) is 1. The second kappa shape index (κ2) is 6.63. The van der Waals surface area contributed by atoms with Crippen LogP contribution in [-0.4, -0.2) is 32.9 Å². The lowest BCUT2D eigenvalue weighted by Crippen LogP contribution is -2.31. The first-order valence-electron chi connectivity index (χ1n) is 9.80. The first-order valence-corrected chi connectivity index (χ1v) is 9.80. The van der Waals surface area contributed by atoms with Crippen LogP contribution in [0.1, 0.15) is 73.4 Å². The molecule has 0 saturated carbocycles. The van der Waals surface area contributed by atoms with E-state index in [-0.39, 0.29) is 23.1 Å². The number of likely N-dealkylation sites (tertiary alicyclic amines) is 1. The molecule has 2 heterocycles. The smallest absolute Gasteiger partial charge is 0.220 e. The van der Waals surface area contributed by atoms with E-state index in [1.807, 2.05) is 27.8 Å². The molecule has 5 heteroatoms. The van der Waals surface area contributed by atoms with Crippen molar-refractivity contribution in [2.24, 2.45) is 5.41 Å². The maximum Gasteiger partial charge on any atom is 0.220 e. The quantitative estimate of drug-likeness (QED) is 0.832. The first-order chi connectivity index (χ1) is 12.9. The molecule has 27 heavy (non-hydrogen) atoms. The van der Waals surface area contributed by atoms with Crippen molar-refractivity contribution >= 4 is 11.7 Å². The third-order valence-electron chi connectivity index (χ3n) is 5.80. The Kier molecular flexibility index (Phi) is 4.41. The molecule has 1 aliphatic carbocycles. The van der Waals surface area contributed by atoms with Gasteiger partial charge in [0.2, 0.25) is 5.91 Å². The number of rotatable bonds is 3. The molecular weight excluding hydrogens is 338 g/mol. The lowest BCUT2D eigenvalue weighted by atomic mass is 9.75. The molecule has 1 aromatic heterocycles. The summed E-state index contributed by atoms with van der Waals surface area (Å²) in [7, 11) is 0. The highest BCUT2D eigenvalue weighted by Gasteiger charge is 2.40. The number of hydrogen-bond donors (Lipinski definition) is 0. The third kappa shape index (κ3) is 3.31. The van der Waals surface area contributed by atoms with Crippen molar-refractivity contribution in [1.29, 1.82) is 0 Å². The van der Waals surface area contributed by atoms with E-state index in [0.29, 0.717) is 13.0 Å². The second-order valence-corrected chi connectivity index (χ2v) is 8.66. The topological polar surface area (TPSA) is 55.2 Å². The predicted octanol–water partition coefficient (Wildman–Crippen LogP) is 3.77. The number of nitrogens with zero attached hydrogens (tertiary/aromatic N) is 3.